The Morgan fingerprint density at radius 3 is 2.57 bits per heavy atom. The minimum atomic E-state index is -0.251. The Balaban J connectivity index is 2.13. The van der Waals surface area contributed by atoms with E-state index in [0.29, 0.717) is 11.1 Å². The van der Waals surface area contributed by atoms with E-state index in [1.807, 2.05) is 24.3 Å². The molecule has 0 aliphatic carbocycles. The average Bonchev–Trinajstić information content (AvgIpc) is 2.57. The molecule has 0 aromatic heterocycles. The summed E-state index contributed by atoms with van der Waals surface area (Å²) in [5, 5.41) is 5.09. The second kappa shape index (κ2) is 6.24. The lowest BCUT2D eigenvalue weighted by Gasteiger charge is -2.27. The molecule has 0 saturated heterocycles. The zero-order chi connectivity index (χ0) is 16.4. The maximum atomic E-state index is 12.6. The van der Waals surface area contributed by atoms with Gasteiger partial charge in [0.2, 0.25) is 0 Å². The van der Waals surface area contributed by atoms with E-state index in [2.05, 4.69) is 18.8 Å². The fourth-order valence-electron chi connectivity index (χ4n) is 3.00. The molecule has 3 rings (SSSR count). The number of anilines is 1. The maximum Gasteiger partial charge on any atom is 0.261 e. The first-order valence-corrected chi connectivity index (χ1v) is 7.95. The summed E-state index contributed by atoms with van der Waals surface area (Å²) in [6, 6.07) is 9.35. The van der Waals surface area contributed by atoms with Crippen LogP contribution in [0.25, 0.3) is 10.8 Å². The predicted octanol–water partition coefficient (Wildman–Crippen LogP) is 3.83. The molecule has 2 amide bonds. The van der Waals surface area contributed by atoms with Crippen LogP contribution in [0, 0.1) is 0 Å². The van der Waals surface area contributed by atoms with Crippen molar-refractivity contribution in [2.75, 3.05) is 18.4 Å². The van der Waals surface area contributed by atoms with Gasteiger partial charge in [0.1, 0.15) is 0 Å². The summed E-state index contributed by atoms with van der Waals surface area (Å²) < 4.78 is 0. The van der Waals surface area contributed by atoms with Gasteiger partial charge in [-0.3, -0.25) is 14.5 Å². The molecule has 2 aromatic rings. The molecular formula is C19H20N2O2. The van der Waals surface area contributed by atoms with Crippen LogP contribution in [0.3, 0.4) is 0 Å². The van der Waals surface area contributed by atoms with Crippen molar-refractivity contribution in [3.8, 4) is 0 Å². The van der Waals surface area contributed by atoms with E-state index < -0.39 is 0 Å². The smallest absolute Gasteiger partial charge is 0.261 e. The van der Waals surface area contributed by atoms with Crippen LogP contribution in [0.4, 0.5) is 5.69 Å². The number of nitrogens with zero attached hydrogens (tertiary/aromatic N) is 1. The largest absolute Gasteiger partial charge is 0.385 e. The van der Waals surface area contributed by atoms with E-state index in [1.165, 1.54) is 4.90 Å². The van der Waals surface area contributed by atoms with Gasteiger partial charge >= 0.3 is 0 Å². The van der Waals surface area contributed by atoms with Gasteiger partial charge in [0, 0.05) is 40.7 Å². The van der Waals surface area contributed by atoms with Gasteiger partial charge in [-0.2, -0.15) is 0 Å². The summed E-state index contributed by atoms with van der Waals surface area (Å²) >= 11 is 0. The van der Waals surface area contributed by atoms with Crippen molar-refractivity contribution in [2.24, 2.45) is 0 Å². The van der Waals surface area contributed by atoms with Gasteiger partial charge in [0.05, 0.1) is 0 Å². The number of amides is 2. The van der Waals surface area contributed by atoms with E-state index >= 15 is 0 Å². The predicted molar refractivity (Wildman–Crippen MR) is 92.9 cm³/mol. The molecule has 23 heavy (non-hydrogen) atoms. The topological polar surface area (TPSA) is 49.4 Å². The Morgan fingerprint density at radius 2 is 1.87 bits per heavy atom. The number of carbonyl (C=O) groups excluding carboxylic acids is 2. The molecule has 1 N–H and O–H groups in total. The Labute approximate surface area is 135 Å². The third-order valence-electron chi connectivity index (χ3n) is 4.15. The molecular weight excluding hydrogens is 288 g/mol. The molecule has 0 atom stereocenters. The van der Waals surface area contributed by atoms with E-state index in [4.69, 9.17) is 0 Å². The van der Waals surface area contributed by atoms with E-state index in [0.717, 1.165) is 35.8 Å². The third kappa shape index (κ3) is 2.50. The average molecular weight is 308 g/mol. The van der Waals surface area contributed by atoms with Crippen LogP contribution >= 0.6 is 0 Å². The third-order valence-corrected chi connectivity index (χ3v) is 4.15. The summed E-state index contributed by atoms with van der Waals surface area (Å²) in [4.78, 5) is 26.5. The molecule has 0 spiro atoms. The van der Waals surface area contributed by atoms with Crippen molar-refractivity contribution in [3.63, 3.8) is 0 Å². The molecule has 0 saturated carbocycles. The second-order valence-electron chi connectivity index (χ2n) is 5.68. The molecule has 0 unspecified atom stereocenters. The SMILES string of the molecule is C=CCN1C(=O)c2cccc3c(NCCCC)ccc(c23)C1=O. The van der Waals surface area contributed by atoms with Gasteiger partial charge in [0.25, 0.3) is 11.8 Å². The van der Waals surface area contributed by atoms with Gasteiger partial charge in [-0.25, -0.2) is 0 Å². The van der Waals surface area contributed by atoms with Gasteiger partial charge in [-0.15, -0.1) is 6.58 Å². The minimum absolute atomic E-state index is 0.226. The molecule has 0 fully saturated rings. The number of imide groups is 1. The Bertz CT molecular complexity index is 773. The van der Waals surface area contributed by atoms with Crippen LogP contribution in [0.5, 0.6) is 0 Å². The molecule has 118 valence electrons. The fourth-order valence-corrected chi connectivity index (χ4v) is 3.00. The number of unbranched alkanes of at least 4 members (excludes halogenated alkanes) is 1. The summed E-state index contributed by atoms with van der Waals surface area (Å²) in [6.45, 7) is 6.87. The lowest BCUT2D eigenvalue weighted by atomic mass is 9.93. The number of nitrogens with one attached hydrogen (secondary N) is 1. The molecule has 4 nitrogen and oxygen atoms in total. The quantitative estimate of drug-likeness (QED) is 0.501. The van der Waals surface area contributed by atoms with Crippen LogP contribution in [0.1, 0.15) is 40.5 Å². The minimum Gasteiger partial charge on any atom is -0.385 e. The normalized spacial score (nSPS) is 13.5. The van der Waals surface area contributed by atoms with Crippen LogP contribution in [-0.4, -0.2) is 29.8 Å². The van der Waals surface area contributed by atoms with E-state index in [1.54, 1.807) is 12.1 Å². The summed E-state index contributed by atoms with van der Waals surface area (Å²) in [7, 11) is 0. The van der Waals surface area contributed by atoms with Crippen LogP contribution in [0.2, 0.25) is 0 Å². The lowest BCUT2D eigenvalue weighted by Crippen LogP contribution is -2.40. The fraction of sp³-hybridized carbons (Fsp3) is 0.263. The van der Waals surface area contributed by atoms with Crippen molar-refractivity contribution in [1.82, 2.24) is 4.90 Å². The lowest BCUT2D eigenvalue weighted by molar-refractivity contribution is 0.0629. The second-order valence-corrected chi connectivity index (χ2v) is 5.68. The van der Waals surface area contributed by atoms with E-state index in [-0.39, 0.29) is 18.4 Å². The van der Waals surface area contributed by atoms with Crippen molar-refractivity contribution >= 4 is 28.3 Å². The molecule has 1 aliphatic rings. The molecule has 1 heterocycles. The van der Waals surface area contributed by atoms with Crippen LogP contribution < -0.4 is 5.32 Å². The molecule has 0 bridgehead atoms. The summed E-state index contributed by atoms with van der Waals surface area (Å²) in [5.74, 6) is -0.502. The van der Waals surface area contributed by atoms with Crippen molar-refractivity contribution in [1.29, 1.82) is 0 Å². The summed E-state index contributed by atoms with van der Waals surface area (Å²) in [5.41, 5.74) is 2.13. The highest BCUT2D eigenvalue weighted by Gasteiger charge is 2.32. The number of benzene rings is 2. The Hall–Kier alpha value is -2.62. The molecule has 4 heteroatoms. The summed E-state index contributed by atoms with van der Waals surface area (Å²) in [6.07, 6.45) is 3.76. The standard InChI is InChI=1S/C19H20N2O2/c1-3-5-11-20-16-10-9-15-17-13(16)7-6-8-14(17)18(22)21(12-4-2)19(15)23/h4,6-10,20H,2-3,5,11-12H2,1H3. The number of rotatable bonds is 6. The number of carbonyl (C=O) groups is 2. The highest BCUT2D eigenvalue weighted by molar-refractivity contribution is 6.26. The zero-order valence-electron chi connectivity index (χ0n) is 13.3. The first-order chi connectivity index (χ1) is 11.2. The number of hydrogen-bond acceptors (Lipinski definition) is 3. The molecule has 0 radical (unpaired) electrons. The van der Waals surface area contributed by atoms with Crippen molar-refractivity contribution < 1.29 is 9.59 Å². The van der Waals surface area contributed by atoms with Crippen LogP contribution in [0.15, 0.2) is 43.0 Å². The Morgan fingerprint density at radius 1 is 1.13 bits per heavy atom. The van der Waals surface area contributed by atoms with Gasteiger partial charge < -0.3 is 5.32 Å². The monoisotopic (exact) mass is 308 g/mol. The van der Waals surface area contributed by atoms with Gasteiger partial charge in [0.15, 0.2) is 0 Å². The van der Waals surface area contributed by atoms with Crippen molar-refractivity contribution in [2.45, 2.75) is 19.8 Å². The van der Waals surface area contributed by atoms with Crippen molar-refractivity contribution in [3.05, 3.63) is 54.1 Å². The van der Waals surface area contributed by atoms with Crippen LogP contribution in [-0.2, 0) is 0 Å². The molecule has 2 aromatic carbocycles. The zero-order valence-corrected chi connectivity index (χ0v) is 13.3. The maximum absolute atomic E-state index is 12.6. The molecule has 1 aliphatic heterocycles. The first-order valence-electron chi connectivity index (χ1n) is 7.95. The Kier molecular flexibility index (Phi) is 4.15. The number of hydrogen-bond donors (Lipinski definition) is 1. The highest BCUT2D eigenvalue weighted by atomic mass is 16.2. The van der Waals surface area contributed by atoms with Gasteiger partial charge in [-0.1, -0.05) is 31.6 Å². The van der Waals surface area contributed by atoms with E-state index in [9.17, 15) is 9.59 Å². The first kappa shape index (κ1) is 15.3. The van der Waals surface area contributed by atoms with Gasteiger partial charge in [-0.05, 0) is 24.6 Å². The highest BCUT2D eigenvalue weighted by Crippen LogP contribution is 2.34.